The van der Waals surface area contributed by atoms with Gasteiger partial charge in [-0.2, -0.15) is 0 Å². The molecule has 0 N–H and O–H groups in total. The van der Waals surface area contributed by atoms with Gasteiger partial charge in [0.2, 0.25) is 5.78 Å². The average Bonchev–Trinajstić information content (AvgIpc) is 2.70. The lowest BCUT2D eigenvalue weighted by Crippen LogP contribution is -2.22. The Labute approximate surface area is 106 Å². The number of hydrogen-bond acceptors (Lipinski definition) is 2. The van der Waals surface area contributed by atoms with E-state index in [-0.39, 0.29) is 5.78 Å². The summed E-state index contributed by atoms with van der Waals surface area (Å²) in [4.78, 5) is 12.2. The van der Waals surface area contributed by atoms with Gasteiger partial charge < -0.3 is 4.42 Å². The second-order valence-electron chi connectivity index (χ2n) is 4.86. The van der Waals surface area contributed by atoms with Crippen LogP contribution < -0.4 is 0 Å². The fourth-order valence-electron chi connectivity index (χ4n) is 1.62. The maximum atomic E-state index is 12.2. The number of fused-ring (bicyclic) bond motifs is 1. The van der Waals surface area contributed by atoms with Crippen molar-refractivity contribution in [1.29, 1.82) is 0 Å². The van der Waals surface area contributed by atoms with Gasteiger partial charge in [-0.1, -0.05) is 32.4 Å². The van der Waals surface area contributed by atoms with E-state index in [4.69, 9.17) is 16.0 Å². The summed E-state index contributed by atoms with van der Waals surface area (Å²) in [6, 6.07) is 7.11. The number of carbonyl (C=O) groups excluding carboxylic acids is 1. The Morgan fingerprint density at radius 2 is 2.06 bits per heavy atom. The predicted octanol–water partition coefficient (Wildman–Crippen LogP) is 4.71. The van der Waals surface area contributed by atoms with E-state index in [0.717, 1.165) is 11.8 Å². The second kappa shape index (κ2) is 4.19. The topological polar surface area (TPSA) is 30.2 Å². The van der Waals surface area contributed by atoms with Crippen LogP contribution in [0.5, 0.6) is 0 Å². The first-order valence-corrected chi connectivity index (χ1v) is 6.06. The monoisotopic (exact) mass is 250 g/mol. The third kappa shape index (κ3) is 2.22. The molecule has 0 aliphatic carbocycles. The first-order chi connectivity index (χ1) is 7.94. The zero-order valence-corrected chi connectivity index (χ0v) is 11.0. The lowest BCUT2D eigenvalue weighted by atomic mass is 9.84. The van der Waals surface area contributed by atoms with Crippen LogP contribution in [0.1, 0.15) is 37.7 Å². The molecule has 0 bridgehead atoms. The molecule has 2 rings (SSSR count). The molecule has 0 spiro atoms. The number of hydrogen-bond donors (Lipinski definition) is 0. The van der Waals surface area contributed by atoms with Crippen molar-refractivity contribution >= 4 is 28.4 Å². The smallest absolute Gasteiger partial charge is 0.203 e. The zero-order chi connectivity index (χ0) is 12.6. The van der Waals surface area contributed by atoms with Gasteiger partial charge in [0.15, 0.2) is 5.76 Å². The van der Waals surface area contributed by atoms with Gasteiger partial charge in [0.25, 0.3) is 0 Å². The average molecular weight is 251 g/mol. The van der Waals surface area contributed by atoms with E-state index in [9.17, 15) is 4.79 Å². The highest BCUT2D eigenvalue weighted by Crippen LogP contribution is 2.30. The summed E-state index contributed by atoms with van der Waals surface area (Å²) in [5.74, 6) is 0.446. The number of ketones is 1. The van der Waals surface area contributed by atoms with Crippen molar-refractivity contribution in [3.8, 4) is 0 Å². The van der Waals surface area contributed by atoms with Crippen molar-refractivity contribution in [2.75, 3.05) is 0 Å². The number of rotatable bonds is 3. The lowest BCUT2D eigenvalue weighted by molar-refractivity contribution is 0.0805. The summed E-state index contributed by atoms with van der Waals surface area (Å²) >= 11 is 5.90. The summed E-state index contributed by atoms with van der Waals surface area (Å²) in [7, 11) is 0. The quantitative estimate of drug-likeness (QED) is 0.739. The standard InChI is InChI=1S/C14H15ClO2/c1-4-14(2,3)13(16)12-8-9-7-10(15)5-6-11(9)17-12/h5-8H,4H2,1-3H3. The Hall–Kier alpha value is -1.28. The van der Waals surface area contributed by atoms with Gasteiger partial charge in [0.1, 0.15) is 5.58 Å². The highest BCUT2D eigenvalue weighted by Gasteiger charge is 2.29. The molecule has 0 fully saturated rings. The number of furan rings is 1. The summed E-state index contributed by atoms with van der Waals surface area (Å²) < 4.78 is 5.56. The van der Waals surface area contributed by atoms with Gasteiger partial charge >= 0.3 is 0 Å². The minimum absolute atomic E-state index is 0.0346. The molecule has 3 heteroatoms. The van der Waals surface area contributed by atoms with Crippen molar-refractivity contribution in [2.24, 2.45) is 5.41 Å². The van der Waals surface area contributed by atoms with E-state index in [2.05, 4.69) is 0 Å². The van der Waals surface area contributed by atoms with Crippen LogP contribution in [0.2, 0.25) is 5.02 Å². The zero-order valence-electron chi connectivity index (χ0n) is 10.2. The van der Waals surface area contributed by atoms with Crippen molar-refractivity contribution < 1.29 is 9.21 Å². The molecule has 0 saturated carbocycles. The fourth-order valence-corrected chi connectivity index (χ4v) is 1.80. The van der Waals surface area contributed by atoms with Crippen LogP contribution in [0.15, 0.2) is 28.7 Å². The maximum absolute atomic E-state index is 12.2. The Balaban J connectivity index is 2.47. The molecule has 0 amide bonds. The second-order valence-corrected chi connectivity index (χ2v) is 5.30. The lowest BCUT2D eigenvalue weighted by Gasteiger charge is -2.18. The van der Waals surface area contributed by atoms with Gasteiger partial charge in [-0.05, 0) is 30.7 Å². The van der Waals surface area contributed by atoms with Crippen LogP contribution in [0.4, 0.5) is 0 Å². The third-order valence-electron chi connectivity index (χ3n) is 3.20. The predicted molar refractivity (Wildman–Crippen MR) is 69.6 cm³/mol. The molecule has 17 heavy (non-hydrogen) atoms. The number of benzene rings is 1. The summed E-state index contributed by atoms with van der Waals surface area (Å²) in [6.07, 6.45) is 0.781. The largest absolute Gasteiger partial charge is 0.453 e. The van der Waals surface area contributed by atoms with Crippen molar-refractivity contribution in [2.45, 2.75) is 27.2 Å². The van der Waals surface area contributed by atoms with Gasteiger partial charge in [-0.3, -0.25) is 4.79 Å². The molecule has 0 radical (unpaired) electrons. The van der Waals surface area contributed by atoms with Crippen LogP contribution in [-0.4, -0.2) is 5.78 Å². The minimum Gasteiger partial charge on any atom is -0.453 e. The molecular formula is C14H15ClO2. The minimum atomic E-state index is -0.391. The number of halogens is 1. The highest BCUT2D eigenvalue weighted by atomic mass is 35.5. The number of Topliss-reactive ketones (excluding diaryl/α,β-unsaturated/α-hetero) is 1. The van der Waals surface area contributed by atoms with E-state index in [1.165, 1.54) is 0 Å². The van der Waals surface area contributed by atoms with Crippen LogP contribution in [0, 0.1) is 5.41 Å². The molecule has 0 aliphatic heterocycles. The molecule has 0 aliphatic rings. The van der Waals surface area contributed by atoms with E-state index in [0.29, 0.717) is 16.4 Å². The Bertz CT molecular complexity index is 567. The van der Waals surface area contributed by atoms with Gasteiger partial charge in [-0.25, -0.2) is 0 Å². The number of carbonyl (C=O) groups is 1. The van der Waals surface area contributed by atoms with E-state index >= 15 is 0 Å². The summed E-state index contributed by atoms with van der Waals surface area (Å²) in [5.41, 5.74) is 0.308. The van der Waals surface area contributed by atoms with E-state index < -0.39 is 5.41 Å². The Morgan fingerprint density at radius 3 is 2.71 bits per heavy atom. The van der Waals surface area contributed by atoms with E-state index in [1.807, 2.05) is 20.8 Å². The molecule has 1 aromatic heterocycles. The maximum Gasteiger partial charge on any atom is 0.203 e. The van der Waals surface area contributed by atoms with E-state index in [1.54, 1.807) is 24.3 Å². The first kappa shape index (κ1) is 12.2. The molecule has 0 atom stereocenters. The highest BCUT2D eigenvalue weighted by molar-refractivity contribution is 6.31. The summed E-state index contributed by atoms with van der Waals surface area (Å²) in [6.45, 7) is 5.85. The third-order valence-corrected chi connectivity index (χ3v) is 3.44. The van der Waals surface area contributed by atoms with Gasteiger partial charge in [0.05, 0.1) is 0 Å². The molecule has 0 unspecified atom stereocenters. The molecule has 0 saturated heterocycles. The Morgan fingerprint density at radius 1 is 1.35 bits per heavy atom. The molecule has 2 nitrogen and oxygen atoms in total. The van der Waals surface area contributed by atoms with Crippen LogP contribution in [0.3, 0.4) is 0 Å². The van der Waals surface area contributed by atoms with Gasteiger partial charge in [-0.15, -0.1) is 0 Å². The molecular weight excluding hydrogens is 236 g/mol. The van der Waals surface area contributed by atoms with Crippen molar-refractivity contribution in [3.63, 3.8) is 0 Å². The molecule has 1 aromatic carbocycles. The first-order valence-electron chi connectivity index (χ1n) is 5.68. The molecule has 2 aromatic rings. The Kier molecular flexibility index (Phi) is 3.00. The molecule has 90 valence electrons. The van der Waals surface area contributed by atoms with Crippen LogP contribution >= 0.6 is 11.6 Å². The SMILES string of the molecule is CCC(C)(C)C(=O)c1cc2cc(Cl)ccc2o1. The normalized spacial score (nSPS) is 12.0. The fraction of sp³-hybridized carbons (Fsp3) is 0.357. The summed E-state index contributed by atoms with van der Waals surface area (Å²) in [5, 5.41) is 1.51. The van der Waals surface area contributed by atoms with Crippen molar-refractivity contribution in [3.05, 3.63) is 35.0 Å². The van der Waals surface area contributed by atoms with Crippen LogP contribution in [-0.2, 0) is 0 Å². The molecule has 1 heterocycles. The van der Waals surface area contributed by atoms with Gasteiger partial charge in [0, 0.05) is 15.8 Å². The van der Waals surface area contributed by atoms with Crippen LogP contribution in [0.25, 0.3) is 11.0 Å². The van der Waals surface area contributed by atoms with Crippen molar-refractivity contribution in [1.82, 2.24) is 0 Å².